The molecule has 0 aliphatic heterocycles. The number of hydrogen-bond donors (Lipinski definition) is 3. The molecule has 0 bridgehead atoms. The predicted molar refractivity (Wildman–Crippen MR) is 93.2 cm³/mol. The molecule has 3 rings (SSSR count). The van der Waals surface area contributed by atoms with Crippen LogP contribution in [-0.4, -0.2) is 26.6 Å². The Morgan fingerprint density at radius 2 is 1.84 bits per heavy atom. The Hall–Kier alpha value is -3.06. The Morgan fingerprint density at radius 1 is 1.12 bits per heavy atom. The van der Waals surface area contributed by atoms with Crippen LogP contribution in [0.3, 0.4) is 0 Å². The molecular formula is C17H16ClN5O2. The molecule has 1 aromatic carbocycles. The van der Waals surface area contributed by atoms with Crippen LogP contribution in [0.4, 0.5) is 0 Å². The van der Waals surface area contributed by atoms with Gasteiger partial charge in [0.15, 0.2) is 0 Å². The number of aryl methyl sites for hydroxylation is 1. The molecule has 3 aromatic rings. The van der Waals surface area contributed by atoms with Crippen molar-refractivity contribution in [3.63, 3.8) is 0 Å². The number of hydrazine groups is 1. The molecule has 0 saturated carbocycles. The Labute approximate surface area is 149 Å². The lowest BCUT2D eigenvalue weighted by Crippen LogP contribution is -2.42. The normalized spacial score (nSPS) is 10.5. The van der Waals surface area contributed by atoms with E-state index in [1.54, 1.807) is 29.9 Å². The molecule has 128 valence electrons. The number of nitrogens with one attached hydrogen (secondary N) is 3. The maximum absolute atomic E-state index is 12.4. The van der Waals surface area contributed by atoms with Gasteiger partial charge in [-0.25, -0.2) is 4.68 Å². The first-order valence-electron chi connectivity index (χ1n) is 7.57. The molecule has 0 aliphatic carbocycles. The van der Waals surface area contributed by atoms with Gasteiger partial charge in [-0.2, -0.15) is 5.10 Å². The maximum Gasteiger partial charge on any atom is 0.286 e. The summed E-state index contributed by atoms with van der Waals surface area (Å²) in [5, 5.41) is 4.52. The van der Waals surface area contributed by atoms with Gasteiger partial charge in [-0.3, -0.25) is 20.4 Å². The number of carbonyl (C=O) groups excluding carboxylic acids is 2. The first kappa shape index (κ1) is 16.8. The first-order chi connectivity index (χ1) is 12.1. The van der Waals surface area contributed by atoms with E-state index in [9.17, 15) is 9.59 Å². The van der Waals surface area contributed by atoms with E-state index < -0.39 is 11.8 Å². The highest BCUT2D eigenvalue weighted by molar-refractivity contribution is 6.33. The molecule has 2 amide bonds. The second-order valence-electron chi connectivity index (χ2n) is 5.39. The highest BCUT2D eigenvalue weighted by atomic mass is 35.5. The van der Waals surface area contributed by atoms with Gasteiger partial charge in [0.1, 0.15) is 16.4 Å². The van der Waals surface area contributed by atoms with Gasteiger partial charge in [-0.15, -0.1) is 0 Å². The van der Waals surface area contributed by atoms with Crippen molar-refractivity contribution in [2.75, 3.05) is 0 Å². The quantitative estimate of drug-likeness (QED) is 0.625. The topological polar surface area (TPSA) is 91.8 Å². The van der Waals surface area contributed by atoms with Crippen LogP contribution in [-0.2, 0) is 6.54 Å². The fourth-order valence-corrected chi connectivity index (χ4v) is 2.71. The molecule has 2 aromatic heterocycles. The Balaban J connectivity index is 1.71. The highest BCUT2D eigenvalue weighted by Gasteiger charge is 2.21. The number of rotatable bonds is 4. The molecule has 3 N–H and O–H groups in total. The lowest BCUT2D eigenvalue weighted by atomic mass is 10.2. The molecule has 0 atom stereocenters. The van der Waals surface area contributed by atoms with Gasteiger partial charge in [0.2, 0.25) is 0 Å². The van der Waals surface area contributed by atoms with Crippen molar-refractivity contribution in [1.82, 2.24) is 25.6 Å². The third-order valence-corrected chi connectivity index (χ3v) is 3.98. The third-order valence-electron chi connectivity index (χ3n) is 3.60. The molecular weight excluding hydrogens is 342 g/mol. The van der Waals surface area contributed by atoms with Crippen LogP contribution in [0.2, 0.25) is 5.15 Å². The number of halogens is 1. The van der Waals surface area contributed by atoms with Crippen LogP contribution in [0.5, 0.6) is 0 Å². The van der Waals surface area contributed by atoms with Crippen LogP contribution in [0.15, 0.2) is 48.7 Å². The second-order valence-corrected chi connectivity index (χ2v) is 5.74. The lowest BCUT2D eigenvalue weighted by molar-refractivity contribution is 0.0844. The number of aromatic nitrogens is 3. The van der Waals surface area contributed by atoms with Crippen molar-refractivity contribution in [3.05, 3.63) is 76.3 Å². The van der Waals surface area contributed by atoms with Gasteiger partial charge in [0.25, 0.3) is 11.8 Å². The predicted octanol–water partition coefficient (Wildman–Crippen LogP) is 2.30. The van der Waals surface area contributed by atoms with Crippen molar-refractivity contribution in [3.8, 4) is 0 Å². The van der Waals surface area contributed by atoms with E-state index >= 15 is 0 Å². The van der Waals surface area contributed by atoms with Crippen LogP contribution in [0.1, 0.15) is 32.1 Å². The monoisotopic (exact) mass is 357 g/mol. The zero-order valence-corrected chi connectivity index (χ0v) is 14.2. The van der Waals surface area contributed by atoms with E-state index in [-0.39, 0.29) is 10.7 Å². The summed E-state index contributed by atoms with van der Waals surface area (Å²) in [6.45, 7) is 2.14. The molecule has 0 radical (unpaired) electrons. The average Bonchev–Trinajstić information content (AvgIpc) is 3.23. The smallest absolute Gasteiger partial charge is 0.286 e. The largest absolute Gasteiger partial charge is 0.357 e. The minimum absolute atomic E-state index is 0.216. The minimum atomic E-state index is -0.526. The van der Waals surface area contributed by atoms with Crippen LogP contribution in [0.25, 0.3) is 0 Å². The number of nitrogens with zero attached hydrogens (tertiary/aromatic N) is 2. The molecule has 7 nitrogen and oxygen atoms in total. The SMILES string of the molecule is Cc1nn(Cc2ccccc2)c(Cl)c1C(=O)NNC(=O)c1ccc[nH]1. The van der Waals surface area contributed by atoms with Crippen LogP contribution in [0, 0.1) is 6.92 Å². The standard InChI is InChI=1S/C17H16ClN5O2/c1-11-14(17(25)21-20-16(24)13-8-5-9-19-13)15(18)23(22-11)10-12-6-3-2-4-7-12/h2-9,19H,10H2,1H3,(H,20,24)(H,21,25). The number of H-pyrrole nitrogens is 1. The number of aromatic amines is 1. The van der Waals surface area contributed by atoms with Crippen molar-refractivity contribution in [2.24, 2.45) is 0 Å². The summed E-state index contributed by atoms with van der Waals surface area (Å²) in [5.74, 6) is -0.981. The maximum atomic E-state index is 12.4. The fourth-order valence-electron chi connectivity index (χ4n) is 2.39. The Bertz CT molecular complexity index is 887. The van der Waals surface area contributed by atoms with E-state index in [1.165, 1.54) is 0 Å². The Morgan fingerprint density at radius 3 is 2.52 bits per heavy atom. The molecule has 25 heavy (non-hydrogen) atoms. The van der Waals surface area contributed by atoms with Crippen molar-refractivity contribution >= 4 is 23.4 Å². The lowest BCUT2D eigenvalue weighted by Gasteiger charge is -2.07. The number of benzene rings is 1. The molecule has 2 heterocycles. The van der Waals surface area contributed by atoms with Crippen LogP contribution >= 0.6 is 11.6 Å². The summed E-state index contributed by atoms with van der Waals surface area (Å²) in [6, 6.07) is 12.9. The van der Waals surface area contributed by atoms with Crippen molar-refractivity contribution < 1.29 is 9.59 Å². The Kier molecular flexibility index (Phi) is 4.85. The van der Waals surface area contributed by atoms with E-state index in [2.05, 4.69) is 20.9 Å². The molecule has 0 aliphatic rings. The van der Waals surface area contributed by atoms with Gasteiger partial charge < -0.3 is 4.98 Å². The minimum Gasteiger partial charge on any atom is -0.357 e. The van der Waals surface area contributed by atoms with Crippen molar-refractivity contribution in [2.45, 2.75) is 13.5 Å². The van der Waals surface area contributed by atoms with E-state index in [1.807, 2.05) is 30.3 Å². The van der Waals surface area contributed by atoms with Gasteiger partial charge >= 0.3 is 0 Å². The third kappa shape index (κ3) is 3.72. The summed E-state index contributed by atoms with van der Waals surface area (Å²) < 4.78 is 1.55. The van der Waals surface area contributed by atoms with Gasteiger partial charge in [0.05, 0.1) is 12.2 Å². The summed E-state index contributed by atoms with van der Waals surface area (Å²) in [6.07, 6.45) is 1.62. The van der Waals surface area contributed by atoms with Gasteiger partial charge in [-0.1, -0.05) is 41.9 Å². The summed E-state index contributed by atoms with van der Waals surface area (Å²) in [5.41, 5.74) is 6.74. The molecule has 0 fully saturated rings. The zero-order valence-electron chi connectivity index (χ0n) is 13.4. The van der Waals surface area contributed by atoms with E-state index in [0.717, 1.165) is 5.56 Å². The van der Waals surface area contributed by atoms with E-state index in [0.29, 0.717) is 17.9 Å². The highest BCUT2D eigenvalue weighted by Crippen LogP contribution is 2.20. The van der Waals surface area contributed by atoms with Crippen LogP contribution < -0.4 is 10.9 Å². The van der Waals surface area contributed by atoms with Crippen molar-refractivity contribution in [1.29, 1.82) is 0 Å². The van der Waals surface area contributed by atoms with Gasteiger partial charge in [0, 0.05) is 6.20 Å². The summed E-state index contributed by atoms with van der Waals surface area (Å²) in [7, 11) is 0. The van der Waals surface area contributed by atoms with Gasteiger partial charge in [-0.05, 0) is 24.6 Å². The molecule has 8 heteroatoms. The fraction of sp³-hybridized carbons (Fsp3) is 0.118. The first-order valence-corrected chi connectivity index (χ1v) is 7.95. The molecule has 0 saturated heterocycles. The average molecular weight is 358 g/mol. The zero-order chi connectivity index (χ0) is 17.8. The molecule has 0 spiro atoms. The van der Waals surface area contributed by atoms with E-state index in [4.69, 9.17) is 11.6 Å². The second kappa shape index (κ2) is 7.23. The summed E-state index contributed by atoms with van der Waals surface area (Å²) >= 11 is 6.31. The number of carbonyl (C=O) groups is 2. The molecule has 0 unspecified atom stereocenters. The summed E-state index contributed by atoms with van der Waals surface area (Å²) in [4.78, 5) is 26.9. The number of amides is 2. The number of hydrogen-bond acceptors (Lipinski definition) is 3.